The van der Waals surface area contributed by atoms with E-state index in [1.54, 1.807) is 0 Å². The zero-order chi connectivity index (χ0) is 7.12. The average molecular weight is 128 g/mol. The predicted octanol–water partition coefficient (Wildman–Crippen LogP) is 1.81. The van der Waals surface area contributed by atoms with Gasteiger partial charge in [-0.15, -0.1) is 0 Å². The molecule has 1 N–H and O–H groups in total. The summed E-state index contributed by atoms with van der Waals surface area (Å²) >= 11 is 0. The summed E-state index contributed by atoms with van der Waals surface area (Å²) in [6.07, 6.45) is 2.40. The van der Waals surface area contributed by atoms with Crippen LogP contribution >= 0.6 is 0 Å². The highest BCUT2D eigenvalue weighted by molar-refractivity contribution is 5.07. The molecule has 1 nitrogen and oxygen atoms in total. The zero-order valence-electron chi connectivity index (χ0n) is 6.57. The van der Waals surface area contributed by atoms with Crippen LogP contribution in [0.15, 0.2) is 0 Å². The van der Waals surface area contributed by atoms with Gasteiger partial charge in [0.15, 0.2) is 0 Å². The summed E-state index contributed by atoms with van der Waals surface area (Å²) in [5.41, 5.74) is 0.698. The Morgan fingerprint density at radius 3 is 2.00 bits per heavy atom. The van der Waals surface area contributed by atoms with E-state index in [-0.39, 0.29) is 5.41 Å². The number of rotatable bonds is 2. The molecule has 1 fully saturated rings. The second-order valence-electron chi connectivity index (χ2n) is 3.81. The third-order valence-corrected chi connectivity index (χ3v) is 3.24. The molecule has 0 bridgehead atoms. The quantitative estimate of drug-likeness (QED) is 0.601. The van der Waals surface area contributed by atoms with Gasteiger partial charge in [0.1, 0.15) is 0 Å². The van der Waals surface area contributed by atoms with Gasteiger partial charge < -0.3 is 5.11 Å². The van der Waals surface area contributed by atoms with Crippen molar-refractivity contribution in [1.82, 2.24) is 0 Å². The molecule has 2 atom stereocenters. The summed E-state index contributed by atoms with van der Waals surface area (Å²) in [5, 5.41) is 8.93. The molecule has 1 aliphatic carbocycles. The molecule has 0 aromatic carbocycles. The van der Waals surface area contributed by atoms with E-state index in [4.69, 9.17) is 5.11 Å². The van der Waals surface area contributed by atoms with Crippen LogP contribution in [-0.2, 0) is 0 Å². The molecule has 54 valence electrons. The molecule has 9 heavy (non-hydrogen) atoms. The minimum absolute atomic E-state index is 0.252. The summed E-state index contributed by atoms with van der Waals surface area (Å²) in [5.74, 6) is 0. The number of hydrogen-bond donors (Lipinski definition) is 1. The first-order chi connectivity index (χ1) is 4.08. The molecule has 1 unspecified atom stereocenters. The Kier molecular flexibility index (Phi) is 1.35. The molecular weight excluding hydrogens is 112 g/mol. The third kappa shape index (κ3) is 0.787. The standard InChI is InChI=1S/C8H16O/c1-4-7(2)5-8(7,3)6-9/h9H,4-6H2,1-3H3/t7-,8?/m1/s1. The summed E-state index contributed by atoms with van der Waals surface area (Å²) in [6, 6.07) is 0. The van der Waals surface area contributed by atoms with E-state index in [0.717, 1.165) is 0 Å². The van der Waals surface area contributed by atoms with Crippen LogP contribution in [0.25, 0.3) is 0 Å². The van der Waals surface area contributed by atoms with Gasteiger partial charge in [-0.1, -0.05) is 27.2 Å². The van der Waals surface area contributed by atoms with Crippen molar-refractivity contribution < 1.29 is 5.11 Å². The van der Waals surface area contributed by atoms with Gasteiger partial charge in [-0.3, -0.25) is 0 Å². The highest BCUT2D eigenvalue weighted by atomic mass is 16.3. The third-order valence-electron chi connectivity index (χ3n) is 3.24. The molecule has 1 heteroatoms. The molecule has 0 spiro atoms. The monoisotopic (exact) mass is 128 g/mol. The molecule has 0 amide bonds. The normalized spacial score (nSPS) is 49.3. The van der Waals surface area contributed by atoms with Gasteiger partial charge in [0.25, 0.3) is 0 Å². The van der Waals surface area contributed by atoms with Crippen LogP contribution < -0.4 is 0 Å². The smallest absolute Gasteiger partial charge is 0.0490 e. The van der Waals surface area contributed by atoms with Crippen molar-refractivity contribution in [2.45, 2.75) is 33.6 Å². The Balaban J connectivity index is 2.54. The molecule has 0 saturated heterocycles. The lowest BCUT2D eigenvalue weighted by atomic mass is 9.95. The highest BCUT2D eigenvalue weighted by Crippen LogP contribution is 2.64. The Morgan fingerprint density at radius 2 is 1.89 bits per heavy atom. The lowest BCUT2D eigenvalue weighted by molar-refractivity contribution is 0.188. The molecular formula is C8H16O. The van der Waals surface area contributed by atoms with Crippen LogP contribution in [0.3, 0.4) is 0 Å². The Labute approximate surface area is 57.1 Å². The van der Waals surface area contributed by atoms with Gasteiger partial charge in [-0.25, -0.2) is 0 Å². The van der Waals surface area contributed by atoms with Crippen molar-refractivity contribution >= 4 is 0 Å². The molecule has 0 aromatic rings. The fraction of sp³-hybridized carbons (Fsp3) is 1.00. The molecule has 0 radical (unpaired) electrons. The van der Waals surface area contributed by atoms with Crippen LogP contribution in [0, 0.1) is 10.8 Å². The van der Waals surface area contributed by atoms with Crippen molar-refractivity contribution in [2.75, 3.05) is 6.61 Å². The Hall–Kier alpha value is -0.0400. The summed E-state index contributed by atoms with van der Waals surface area (Å²) in [7, 11) is 0. The van der Waals surface area contributed by atoms with Gasteiger partial charge in [-0.2, -0.15) is 0 Å². The summed E-state index contributed by atoms with van der Waals surface area (Å²) in [6.45, 7) is 6.97. The van der Waals surface area contributed by atoms with E-state index < -0.39 is 0 Å². The fourth-order valence-corrected chi connectivity index (χ4v) is 1.62. The van der Waals surface area contributed by atoms with Crippen LogP contribution in [-0.4, -0.2) is 11.7 Å². The Morgan fingerprint density at radius 1 is 1.33 bits per heavy atom. The van der Waals surface area contributed by atoms with E-state index in [1.807, 2.05) is 0 Å². The topological polar surface area (TPSA) is 20.2 Å². The first-order valence-electron chi connectivity index (χ1n) is 3.69. The average Bonchev–Trinajstić information content (AvgIpc) is 2.39. The maximum absolute atomic E-state index is 8.93. The van der Waals surface area contributed by atoms with Gasteiger partial charge >= 0.3 is 0 Å². The van der Waals surface area contributed by atoms with Crippen LogP contribution in [0.1, 0.15) is 33.6 Å². The van der Waals surface area contributed by atoms with Gasteiger partial charge in [-0.05, 0) is 17.3 Å². The van der Waals surface area contributed by atoms with Crippen molar-refractivity contribution in [3.63, 3.8) is 0 Å². The minimum Gasteiger partial charge on any atom is -0.396 e. The van der Waals surface area contributed by atoms with Crippen LogP contribution in [0.2, 0.25) is 0 Å². The molecule has 0 aromatic heterocycles. The number of aliphatic hydroxyl groups excluding tert-OH is 1. The highest BCUT2D eigenvalue weighted by Gasteiger charge is 2.58. The fourth-order valence-electron chi connectivity index (χ4n) is 1.62. The van der Waals surface area contributed by atoms with Crippen LogP contribution in [0.4, 0.5) is 0 Å². The maximum atomic E-state index is 8.93. The van der Waals surface area contributed by atoms with E-state index in [0.29, 0.717) is 12.0 Å². The van der Waals surface area contributed by atoms with Gasteiger partial charge in [0, 0.05) is 6.61 Å². The Bertz CT molecular complexity index is 108. The van der Waals surface area contributed by atoms with E-state index in [1.165, 1.54) is 12.8 Å². The largest absolute Gasteiger partial charge is 0.396 e. The van der Waals surface area contributed by atoms with E-state index >= 15 is 0 Å². The molecule has 1 aliphatic rings. The van der Waals surface area contributed by atoms with Crippen LogP contribution in [0.5, 0.6) is 0 Å². The second-order valence-corrected chi connectivity index (χ2v) is 3.81. The van der Waals surface area contributed by atoms with Gasteiger partial charge in [0.05, 0.1) is 0 Å². The maximum Gasteiger partial charge on any atom is 0.0490 e. The molecule has 1 rings (SSSR count). The van der Waals surface area contributed by atoms with Crippen molar-refractivity contribution in [2.24, 2.45) is 10.8 Å². The lowest BCUT2D eigenvalue weighted by Gasteiger charge is -2.12. The summed E-state index contributed by atoms with van der Waals surface area (Å²) < 4.78 is 0. The SMILES string of the molecule is CC[C@]1(C)CC1(C)CO. The van der Waals surface area contributed by atoms with Crippen molar-refractivity contribution in [3.05, 3.63) is 0 Å². The van der Waals surface area contributed by atoms with E-state index in [2.05, 4.69) is 20.8 Å². The molecule has 0 heterocycles. The molecule has 1 saturated carbocycles. The zero-order valence-corrected chi connectivity index (χ0v) is 6.57. The first kappa shape index (κ1) is 7.07. The predicted molar refractivity (Wildman–Crippen MR) is 38.2 cm³/mol. The summed E-state index contributed by atoms with van der Waals surface area (Å²) in [4.78, 5) is 0. The van der Waals surface area contributed by atoms with Crippen molar-refractivity contribution in [3.8, 4) is 0 Å². The van der Waals surface area contributed by atoms with E-state index in [9.17, 15) is 0 Å². The number of hydrogen-bond acceptors (Lipinski definition) is 1. The molecule has 0 aliphatic heterocycles. The van der Waals surface area contributed by atoms with Gasteiger partial charge in [0.2, 0.25) is 0 Å². The second kappa shape index (κ2) is 1.72. The van der Waals surface area contributed by atoms with Crippen molar-refractivity contribution in [1.29, 1.82) is 0 Å². The first-order valence-corrected chi connectivity index (χ1v) is 3.69. The minimum atomic E-state index is 0.252. The lowest BCUT2D eigenvalue weighted by Crippen LogP contribution is -2.10. The number of aliphatic hydroxyl groups is 1.